The number of likely N-dealkylation sites (tertiary alicyclic amines) is 1. The van der Waals surface area contributed by atoms with Crippen molar-refractivity contribution in [3.63, 3.8) is 0 Å². The molecule has 0 spiro atoms. The number of carbonyl (C=O) groups is 2. The third-order valence-electron chi connectivity index (χ3n) is 6.51. The molecule has 0 atom stereocenters. The second kappa shape index (κ2) is 11.0. The van der Waals surface area contributed by atoms with Gasteiger partial charge in [-0.3, -0.25) is 9.59 Å². The molecule has 1 saturated carbocycles. The second-order valence-corrected chi connectivity index (χ2v) is 9.74. The van der Waals surface area contributed by atoms with E-state index in [2.05, 4.69) is 21.2 Å². The van der Waals surface area contributed by atoms with Gasteiger partial charge in [0.15, 0.2) is 0 Å². The molecule has 1 N–H and O–H groups in total. The van der Waals surface area contributed by atoms with Gasteiger partial charge in [-0.2, -0.15) is 0 Å². The van der Waals surface area contributed by atoms with Gasteiger partial charge in [0.1, 0.15) is 12.4 Å². The number of piperidine rings is 1. The molecule has 4 rings (SSSR count). The van der Waals surface area contributed by atoms with Crippen LogP contribution in [0.3, 0.4) is 0 Å². The Hall–Kier alpha value is -2.34. The number of hydrogen-bond donors (Lipinski definition) is 1. The summed E-state index contributed by atoms with van der Waals surface area (Å²) in [6.45, 7) is 1.70. The lowest BCUT2D eigenvalue weighted by Gasteiger charge is -2.33. The summed E-state index contributed by atoms with van der Waals surface area (Å²) < 4.78 is 7.01. The zero-order valence-electron chi connectivity index (χ0n) is 18.4. The van der Waals surface area contributed by atoms with Crippen LogP contribution in [0.4, 0.5) is 0 Å². The first-order valence-corrected chi connectivity index (χ1v) is 12.5. The molecule has 1 saturated heterocycles. The summed E-state index contributed by atoms with van der Waals surface area (Å²) in [6.07, 6.45) is 7.19. The smallest absolute Gasteiger partial charge is 0.257 e. The van der Waals surface area contributed by atoms with Crippen molar-refractivity contribution >= 4 is 27.7 Å². The SMILES string of the molecule is O=C(NC1CCN(C(=O)c2ccccc2OCc2cccc(Br)c2)CC1)C1CCCCC1. The highest BCUT2D eigenvalue weighted by Gasteiger charge is 2.28. The summed E-state index contributed by atoms with van der Waals surface area (Å²) in [6, 6.07) is 15.6. The lowest BCUT2D eigenvalue weighted by molar-refractivity contribution is -0.126. The molecule has 170 valence electrons. The minimum absolute atomic E-state index is 0.00750. The molecule has 2 fully saturated rings. The van der Waals surface area contributed by atoms with Crippen molar-refractivity contribution in [2.24, 2.45) is 5.92 Å². The Kier molecular flexibility index (Phi) is 7.85. The number of hydrogen-bond acceptors (Lipinski definition) is 3. The number of ether oxygens (including phenoxy) is 1. The normalized spacial score (nSPS) is 17.7. The van der Waals surface area contributed by atoms with Crippen LogP contribution in [-0.2, 0) is 11.4 Å². The van der Waals surface area contributed by atoms with Crippen molar-refractivity contribution in [1.82, 2.24) is 10.2 Å². The van der Waals surface area contributed by atoms with Crippen LogP contribution in [0.1, 0.15) is 60.9 Å². The highest BCUT2D eigenvalue weighted by atomic mass is 79.9. The monoisotopic (exact) mass is 498 g/mol. The average molecular weight is 499 g/mol. The van der Waals surface area contributed by atoms with Crippen LogP contribution in [0.2, 0.25) is 0 Å². The molecule has 32 heavy (non-hydrogen) atoms. The topological polar surface area (TPSA) is 58.6 Å². The first-order valence-electron chi connectivity index (χ1n) is 11.7. The summed E-state index contributed by atoms with van der Waals surface area (Å²) in [5.74, 6) is 0.982. The Bertz CT molecular complexity index is 934. The highest BCUT2D eigenvalue weighted by molar-refractivity contribution is 9.10. The molecule has 2 amide bonds. The van der Waals surface area contributed by atoms with Crippen LogP contribution in [0.25, 0.3) is 0 Å². The minimum Gasteiger partial charge on any atom is -0.488 e. The van der Waals surface area contributed by atoms with Crippen LogP contribution < -0.4 is 10.1 Å². The van der Waals surface area contributed by atoms with Crippen molar-refractivity contribution in [2.75, 3.05) is 13.1 Å². The zero-order valence-corrected chi connectivity index (χ0v) is 20.0. The fourth-order valence-corrected chi connectivity index (χ4v) is 5.08. The highest BCUT2D eigenvalue weighted by Crippen LogP contribution is 2.26. The van der Waals surface area contributed by atoms with Gasteiger partial charge < -0.3 is 15.0 Å². The molecular weight excluding hydrogens is 468 g/mol. The van der Waals surface area contributed by atoms with Crippen molar-refractivity contribution < 1.29 is 14.3 Å². The summed E-state index contributed by atoms with van der Waals surface area (Å²) >= 11 is 3.48. The molecule has 6 heteroatoms. The van der Waals surface area contributed by atoms with Gasteiger partial charge >= 0.3 is 0 Å². The maximum atomic E-state index is 13.2. The molecular formula is C26H31BrN2O3. The maximum absolute atomic E-state index is 13.2. The number of nitrogens with one attached hydrogen (secondary N) is 1. The fourth-order valence-electron chi connectivity index (χ4n) is 4.64. The average Bonchev–Trinajstić information content (AvgIpc) is 2.83. The molecule has 5 nitrogen and oxygen atoms in total. The molecule has 0 bridgehead atoms. The maximum Gasteiger partial charge on any atom is 0.257 e. The number of amides is 2. The van der Waals surface area contributed by atoms with Gasteiger partial charge in [0, 0.05) is 29.5 Å². The summed E-state index contributed by atoms with van der Waals surface area (Å²) in [4.78, 5) is 27.6. The quantitative estimate of drug-likeness (QED) is 0.585. The van der Waals surface area contributed by atoms with E-state index < -0.39 is 0 Å². The predicted molar refractivity (Wildman–Crippen MR) is 129 cm³/mol. The number of para-hydroxylation sites is 1. The summed E-state index contributed by atoms with van der Waals surface area (Å²) in [5.41, 5.74) is 1.63. The fraction of sp³-hybridized carbons (Fsp3) is 0.462. The summed E-state index contributed by atoms with van der Waals surface area (Å²) in [5, 5.41) is 3.24. The van der Waals surface area contributed by atoms with Gasteiger partial charge in [-0.15, -0.1) is 0 Å². The van der Waals surface area contributed by atoms with Gasteiger partial charge in [-0.05, 0) is 55.5 Å². The van der Waals surface area contributed by atoms with E-state index in [-0.39, 0.29) is 23.8 Å². The molecule has 2 aromatic rings. The lowest BCUT2D eigenvalue weighted by Crippen LogP contribution is -2.48. The third-order valence-corrected chi connectivity index (χ3v) is 7.00. The molecule has 1 heterocycles. The van der Waals surface area contributed by atoms with E-state index in [4.69, 9.17) is 4.74 Å². The second-order valence-electron chi connectivity index (χ2n) is 8.82. The standard InChI is InChI=1S/C26H31BrN2O3/c27-21-10-6-7-19(17-21)18-32-24-12-5-4-11-23(24)26(31)29-15-13-22(14-16-29)28-25(30)20-8-2-1-3-9-20/h4-7,10-12,17,20,22H,1-3,8-9,13-16,18H2,(H,28,30). The Morgan fingerprint density at radius 3 is 2.47 bits per heavy atom. The van der Waals surface area contributed by atoms with Crippen molar-refractivity contribution in [1.29, 1.82) is 0 Å². The van der Waals surface area contributed by atoms with Crippen LogP contribution in [-0.4, -0.2) is 35.8 Å². The van der Waals surface area contributed by atoms with E-state index >= 15 is 0 Å². The Morgan fingerprint density at radius 2 is 1.72 bits per heavy atom. The molecule has 0 unspecified atom stereocenters. The lowest BCUT2D eigenvalue weighted by atomic mass is 9.88. The Balaban J connectivity index is 1.31. The van der Waals surface area contributed by atoms with Gasteiger partial charge in [0.05, 0.1) is 5.56 Å². The van der Waals surface area contributed by atoms with Crippen LogP contribution in [0.15, 0.2) is 53.0 Å². The van der Waals surface area contributed by atoms with Gasteiger partial charge in [0.2, 0.25) is 5.91 Å². The van der Waals surface area contributed by atoms with E-state index in [0.717, 1.165) is 48.6 Å². The van der Waals surface area contributed by atoms with Gasteiger partial charge in [-0.25, -0.2) is 0 Å². The zero-order chi connectivity index (χ0) is 22.3. The Labute approximate surface area is 198 Å². The number of benzene rings is 2. The number of halogens is 1. The first-order chi connectivity index (χ1) is 15.6. The van der Waals surface area contributed by atoms with Crippen molar-refractivity contribution in [3.8, 4) is 5.75 Å². The number of rotatable bonds is 6. The van der Waals surface area contributed by atoms with Crippen LogP contribution in [0, 0.1) is 5.92 Å². The molecule has 1 aliphatic heterocycles. The van der Waals surface area contributed by atoms with E-state index in [0.29, 0.717) is 31.0 Å². The third kappa shape index (κ3) is 5.91. The van der Waals surface area contributed by atoms with E-state index in [1.54, 1.807) is 0 Å². The molecule has 0 aromatic heterocycles. The summed E-state index contributed by atoms with van der Waals surface area (Å²) in [7, 11) is 0. The van der Waals surface area contributed by atoms with E-state index in [1.165, 1.54) is 6.42 Å². The van der Waals surface area contributed by atoms with Gasteiger partial charge in [-0.1, -0.05) is 59.5 Å². The predicted octanol–water partition coefficient (Wildman–Crippen LogP) is 5.33. The molecule has 1 aliphatic carbocycles. The first kappa shape index (κ1) is 22.8. The number of carbonyl (C=O) groups excluding carboxylic acids is 2. The minimum atomic E-state index is -0.00750. The van der Waals surface area contributed by atoms with Crippen molar-refractivity contribution in [3.05, 3.63) is 64.1 Å². The Morgan fingerprint density at radius 1 is 0.969 bits per heavy atom. The van der Waals surface area contributed by atoms with Crippen molar-refractivity contribution in [2.45, 2.75) is 57.6 Å². The molecule has 0 radical (unpaired) electrons. The van der Waals surface area contributed by atoms with Crippen LogP contribution >= 0.6 is 15.9 Å². The van der Waals surface area contributed by atoms with Crippen LogP contribution in [0.5, 0.6) is 5.75 Å². The van der Waals surface area contributed by atoms with E-state index in [9.17, 15) is 9.59 Å². The molecule has 2 aromatic carbocycles. The molecule has 2 aliphatic rings. The van der Waals surface area contributed by atoms with Gasteiger partial charge in [0.25, 0.3) is 5.91 Å². The van der Waals surface area contributed by atoms with E-state index in [1.807, 2.05) is 53.4 Å². The largest absolute Gasteiger partial charge is 0.488 e. The number of nitrogens with zero attached hydrogens (tertiary/aromatic N) is 1.